The van der Waals surface area contributed by atoms with Crippen molar-refractivity contribution in [2.75, 3.05) is 26.8 Å². The summed E-state index contributed by atoms with van der Waals surface area (Å²) in [6.45, 7) is 1.24. The van der Waals surface area contributed by atoms with E-state index < -0.39 is 5.97 Å². The second-order valence-electron chi connectivity index (χ2n) is 2.94. The van der Waals surface area contributed by atoms with Crippen LogP contribution < -0.4 is 0 Å². The fourth-order valence-electron chi connectivity index (χ4n) is 1.09. The molecule has 0 spiro atoms. The molecule has 0 bridgehead atoms. The van der Waals surface area contributed by atoms with Gasteiger partial charge in [-0.15, -0.1) is 0 Å². The van der Waals surface area contributed by atoms with Gasteiger partial charge in [-0.25, -0.2) is 0 Å². The summed E-state index contributed by atoms with van der Waals surface area (Å²) < 4.78 is 9.43. The maximum atomic E-state index is 10.6. The smallest absolute Gasteiger partial charge is 0.317 e. The predicted octanol–water partition coefficient (Wildman–Crippen LogP) is -0.397. The van der Waals surface area contributed by atoms with Crippen LogP contribution in [0.25, 0.3) is 0 Å². The van der Waals surface area contributed by atoms with E-state index in [1.54, 1.807) is 12.0 Å². The van der Waals surface area contributed by atoms with Gasteiger partial charge in [0.05, 0.1) is 19.7 Å². The minimum Gasteiger partial charge on any atom is -0.480 e. The van der Waals surface area contributed by atoms with Crippen molar-refractivity contribution in [1.82, 2.24) is 15.0 Å². The monoisotopic (exact) mass is 215 g/mol. The van der Waals surface area contributed by atoms with Gasteiger partial charge in [0, 0.05) is 13.7 Å². The van der Waals surface area contributed by atoms with E-state index in [-0.39, 0.29) is 6.54 Å². The molecule has 0 amide bonds. The van der Waals surface area contributed by atoms with Crippen LogP contribution in [-0.4, -0.2) is 52.9 Å². The van der Waals surface area contributed by atoms with Crippen molar-refractivity contribution in [1.29, 1.82) is 0 Å². The molecule has 15 heavy (non-hydrogen) atoms. The van der Waals surface area contributed by atoms with Crippen molar-refractivity contribution >= 4 is 5.97 Å². The molecule has 84 valence electrons. The van der Waals surface area contributed by atoms with E-state index in [1.807, 2.05) is 0 Å². The van der Waals surface area contributed by atoms with Crippen LogP contribution in [0, 0.1) is 0 Å². The van der Waals surface area contributed by atoms with Crippen LogP contribution in [0.2, 0.25) is 0 Å². The number of nitrogens with zero attached hydrogens (tertiary/aromatic N) is 3. The molecule has 0 saturated heterocycles. The molecule has 0 aliphatic rings. The Morgan fingerprint density at radius 2 is 2.53 bits per heavy atom. The zero-order valence-corrected chi connectivity index (χ0v) is 8.42. The lowest BCUT2D eigenvalue weighted by molar-refractivity contribution is -0.138. The van der Waals surface area contributed by atoms with E-state index in [0.717, 1.165) is 0 Å². The number of carbonyl (C=O) groups is 1. The molecule has 1 aromatic rings. The highest BCUT2D eigenvalue weighted by Crippen LogP contribution is 1.98. The van der Waals surface area contributed by atoms with Gasteiger partial charge in [-0.05, 0) is 0 Å². The third kappa shape index (κ3) is 4.52. The Bertz CT molecular complexity index is 288. The van der Waals surface area contributed by atoms with Crippen LogP contribution in [0.3, 0.4) is 0 Å². The highest BCUT2D eigenvalue weighted by molar-refractivity contribution is 5.69. The molecule has 1 heterocycles. The molecule has 0 unspecified atom stereocenters. The largest absolute Gasteiger partial charge is 0.480 e. The summed E-state index contributed by atoms with van der Waals surface area (Å²) in [5.41, 5.74) is 0. The summed E-state index contributed by atoms with van der Waals surface area (Å²) in [5.74, 6) is -0.429. The molecular weight excluding hydrogens is 202 g/mol. The van der Waals surface area contributed by atoms with Gasteiger partial charge < -0.3 is 14.4 Å². The molecule has 0 radical (unpaired) electrons. The highest BCUT2D eigenvalue weighted by atomic mass is 16.5. The first-order chi connectivity index (χ1) is 7.22. The van der Waals surface area contributed by atoms with Gasteiger partial charge in [0.15, 0.2) is 5.82 Å². The summed E-state index contributed by atoms with van der Waals surface area (Å²) >= 11 is 0. The molecule has 0 fully saturated rings. The predicted molar refractivity (Wildman–Crippen MR) is 49.1 cm³/mol. The molecular formula is C8H13N3O4. The number of aromatic nitrogens is 2. The molecule has 1 aromatic heterocycles. The van der Waals surface area contributed by atoms with Crippen LogP contribution >= 0.6 is 0 Å². The molecule has 7 nitrogen and oxygen atoms in total. The first-order valence-electron chi connectivity index (χ1n) is 4.40. The first kappa shape index (κ1) is 11.6. The Morgan fingerprint density at radius 1 is 1.73 bits per heavy atom. The molecule has 1 N–H and O–H groups in total. The van der Waals surface area contributed by atoms with Crippen LogP contribution in [0.1, 0.15) is 5.82 Å². The minimum absolute atomic E-state index is 0.0715. The summed E-state index contributed by atoms with van der Waals surface area (Å²) in [5, 5.41) is 12.3. The standard InChI is InChI=1S/C8H13N3O4/c1-14-3-2-11(5-8(12)13)4-7-9-6-15-10-7/h6H,2-5H2,1H3,(H,12,13). The molecule has 0 aliphatic carbocycles. The van der Waals surface area contributed by atoms with Gasteiger partial charge in [-0.1, -0.05) is 5.16 Å². The van der Waals surface area contributed by atoms with Crippen molar-refractivity contribution in [2.45, 2.75) is 6.54 Å². The lowest BCUT2D eigenvalue weighted by Gasteiger charge is -2.17. The van der Waals surface area contributed by atoms with Crippen LogP contribution in [0.15, 0.2) is 10.9 Å². The lowest BCUT2D eigenvalue weighted by atomic mass is 10.4. The molecule has 7 heteroatoms. The second-order valence-corrected chi connectivity index (χ2v) is 2.94. The average molecular weight is 215 g/mol. The summed E-state index contributed by atoms with van der Waals surface area (Å²) in [4.78, 5) is 16.0. The number of carboxylic acids is 1. The van der Waals surface area contributed by atoms with Crippen molar-refractivity contribution in [3.05, 3.63) is 12.2 Å². The SMILES string of the molecule is COCCN(CC(=O)O)Cc1ncon1. The van der Waals surface area contributed by atoms with Crippen LogP contribution in [-0.2, 0) is 16.1 Å². The third-order valence-electron chi connectivity index (χ3n) is 1.74. The first-order valence-corrected chi connectivity index (χ1v) is 4.40. The fraction of sp³-hybridized carbons (Fsp3) is 0.625. The van der Waals surface area contributed by atoms with Gasteiger partial charge in [0.25, 0.3) is 0 Å². The van der Waals surface area contributed by atoms with Gasteiger partial charge >= 0.3 is 5.97 Å². The van der Waals surface area contributed by atoms with E-state index in [4.69, 9.17) is 9.84 Å². The Labute approximate surface area is 86.6 Å². The Hall–Kier alpha value is -1.47. The number of hydrogen-bond acceptors (Lipinski definition) is 6. The van der Waals surface area contributed by atoms with E-state index in [0.29, 0.717) is 25.5 Å². The minimum atomic E-state index is -0.894. The number of hydrogen-bond donors (Lipinski definition) is 1. The highest BCUT2D eigenvalue weighted by Gasteiger charge is 2.12. The van der Waals surface area contributed by atoms with Crippen molar-refractivity contribution < 1.29 is 19.2 Å². The summed E-state index contributed by atoms with van der Waals surface area (Å²) in [6.07, 6.45) is 1.21. The van der Waals surface area contributed by atoms with E-state index in [1.165, 1.54) is 6.39 Å². The topological polar surface area (TPSA) is 88.7 Å². The maximum absolute atomic E-state index is 10.6. The zero-order chi connectivity index (χ0) is 11.1. The molecule has 0 aromatic carbocycles. The summed E-state index contributed by atoms with van der Waals surface area (Å²) in [6, 6.07) is 0. The molecule has 0 atom stereocenters. The van der Waals surface area contributed by atoms with Crippen molar-refractivity contribution in [3.8, 4) is 0 Å². The van der Waals surface area contributed by atoms with Crippen molar-refractivity contribution in [2.24, 2.45) is 0 Å². The zero-order valence-electron chi connectivity index (χ0n) is 8.42. The quantitative estimate of drug-likeness (QED) is 0.662. The Balaban J connectivity index is 2.44. The van der Waals surface area contributed by atoms with Gasteiger partial charge in [0.2, 0.25) is 6.39 Å². The van der Waals surface area contributed by atoms with Gasteiger partial charge in [-0.3, -0.25) is 9.69 Å². The normalized spacial score (nSPS) is 10.8. The molecule has 1 rings (SSSR count). The van der Waals surface area contributed by atoms with Gasteiger partial charge in [0.1, 0.15) is 0 Å². The maximum Gasteiger partial charge on any atom is 0.317 e. The summed E-state index contributed by atoms with van der Waals surface area (Å²) in [7, 11) is 1.56. The average Bonchev–Trinajstić information content (AvgIpc) is 2.66. The second kappa shape index (κ2) is 6.10. The fourth-order valence-corrected chi connectivity index (χ4v) is 1.09. The van der Waals surface area contributed by atoms with E-state index >= 15 is 0 Å². The number of rotatable bonds is 7. The molecule has 0 aliphatic heterocycles. The van der Waals surface area contributed by atoms with E-state index in [2.05, 4.69) is 14.7 Å². The van der Waals surface area contributed by atoms with Gasteiger partial charge in [-0.2, -0.15) is 4.98 Å². The number of carboxylic acid groups (broad SMARTS) is 1. The Kier molecular flexibility index (Phi) is 4.72. The van der Waals surface area contributed by atoms with Crippen LogP contribution in [0.4, 0.5) is 0 Å². The number of ether oxygens (including phenoxy) is 1. The number of methoxy groups -OCH3 is 1. The van der Waals surface area contributed by atoms with E-state index in [9.17, 15) is 4.79 Å². The van der Waals surface area contributed by atoms with Crippen LogP contribution in [0.5, 0.6) is 0 Å². The Morgan fingerprint density at radius 3 is 3.07 bits per heavy atom. The van der Waals surface area contributed by atoms with Crippen molar-refractivity contribution in [3.63, 3.8) is 0 Å². The lowest BCUT2D eigenvalue weighted by Crippen LogP contribution is -2.32. The third-order valence-corrected chi connectivity index (χ3v) is 1.74. The molecule has 0 saturated carbocycles. The number of aliphatic carboxylic acids is 1.